The molecule has 1 aromatic rings. The van der Waals surface area contributed by atoms with Gasteiger partial charge in [-0.15, -0.1) is 0 Å². The van der Waals surface area contributed by atoms with Gasteiger partial charge in [-0.25, -0.2) is 0 Å². The molecule has 2 aliphatic rings. The van der Waals surface area contributed by atoms with Crippen LogP contribution in [0.1, 0.15) is 40.0 Å². The summed E-state index contributed by atoms with van der Waals surface area (Å²) in [5, 5.41) is 11.3. The summed E-state index contributed by atoms with van der Waals surface area (Å²) in [4.78, 5) is 0. The van der Waals surface area contributed by atoms with Crippen molar-refractivity contribution in [3.63, 3.8) is 0 Å². The summed E-state index contributed by atoms with van der Waals surface area (Å²) >= 11 is 0. The highest BCUT2D eigenvalue weighted by Crippen LogP contribution is 2.70. The van der Waals surface area contributed by atoms with E-state index in [2.05, 4.69) is 19.9 Å². The van der Waals surface area contributed by atoms with E-state index in [1.807, 2.05) is 43.3 Å². The first-order valence-corrected chi connectivity index (χ1v) is 8.73. The summed E-state index contributed by atoms with van der Waals surface area (Å²) in [5.74, 6) is 2.12. The number of hydrogen-bond acceptors (Lipinski definition) is 3. The molecular weight excluding hydrogens is 300 g/mol. The van der Waals surface area contributed by atoms with Crippen molar-refractivity contribution < 1.29 is 14.6 Å². The predicted octanol–water partition coefficient (Wildman–Crippen LogP) is 4.72. The van der Waals surface area contributed by atoms with E-state index in [4.69, 9.17) is 9.47 Å². The number of benzene rings is 1. The lowest BCUT2D eigenvalue weighted by molar-refractivity contribution is -0.0314. The first kappa shape index (κ1) is 17.1. The predicted molar refractivity (Wildman–Crippen MR) is 96.1 cm³/mol. The number of ether oxygens (including phenoxy) is 2. The van der Waals surface area contributed by atoms with Crippen LogP contribution in [0.5, 0.6) is 11.5 Å². The van der Waals surface area contributed by atoms with E-state index in [9.17, 15) is 5.11 Å². The molecule has 0 saturated heterocycles. The second-order valence-electron chi connectivity index (χ2n) is 7.65. The lowest BCUT2D eigenvalue weighted by atomic mass is 9.63. The molecule has 3 rings (SSSR count). The molecule has 0 heterocycles. The van der Waals surface area contributed by atoms with E-state index in [1.165, 1.54) is 6.42 Å². The minimum atomic E-state index is -0.784. The van der Waals surface area contributed by atoms with Gasteiger partial charge in [-0.1, -0.05) is 26.0 Å². The average Bonchev–Trinajstić information content (AvgIpc) is 2.89. The molecule has 3 heteroatoms. The Balaban J connectivity index is 1.84. The maximum Gasteiger partial charge on any atom is 0.126 e. The van der Waals surface area contributed by atoms with Gasteiger partial charge in [0.15, 0.2) is 0 Å². The highest BCUT2D eigenvalue weighted by Gasteiger charge is 2.68. The number of fused-ring (bicyclic) bond motifs is 2. The summed E-state index contributed by atoms with van der Waals surface area (Å²) in [7, 11) is 1.65. The molecule has 0 spiro atoms. The van der Waals surface area contributed by atoms with E-state index in [0.717, 1.165) is 24.3 Å². The molecule has 0 aromatic heterocycles. The highest BCUT2D eigenvalue weighted by molar-refractivity contribution is 5.33. The molecule has 130 valence electrons. The standard InChI is InChI=1S/C21H28O3/c1-5-11-21(22)15-16-10-12-20(21,19(16,2)3)13-14-24-18-8-6-17(23-4)7-9-18/h5-9,11,13-14,16,22H,10,12,15H2,1-4H3/b11-5-,14-13+/t16-,20+,21-/m1/s1. The van der Waals surface area contributed by atoms with Crippen molar-refractivity contribution in [2.75, 3.05) is 7.11 Å². The zero-order valence-electron chi connectivity index (χ0n) is 15.1. The topological polar surface area (TPSA) is 38.7 Å². The molecule has 24 heavy (non-hydrogen) atoms. The van der Waals surface area contributed by atoms with E-state index in [-0.39, 0.29) is 10.8 Å². The molecular formula is C21H28O3. The van der Waals surface area contributed by atoms with Gasteiger partial charge < -0.3 is 14.6 Å². The van der Waals surface area contributed by atoms with Crippen LogP contribution >= 0.6 is 0 Å². The number of allylic oxidation sites excluding steroid dienone is 1. The smallest absolute Gasteiger partial charge is 0.126 e. The second kappa shape index (κ2) is 5.96. The minimum absolute atomic E-state index is 0.0566. The van der Waals surface area contributed by atoms with Crippen LogP contribution in [0.4, 0.5) is 0 Å². The van der Waals surface area contributed by atoms with Crippen LogP contribution in [0.2, 0.25) is 0 Å². The lowest BCUT2D eigenvalue weighted by Crippen LogP contribution is -2.46. The van der Waals surface area contributed by atoms with Crippen molar-refractivity contribution in [3.05, 3.63) is 48.8 Å². The van der Waals surface area contributed by atoms with Gasteiger partial charge in [-0.2, -0.15) is 0 Å². The Kier molecular flexibility index (Phi) is 4.25. The van der Waals surface area contributed by atoms with Gasteiger partial charge in [0.1, 0.15) is 11.5 Å². The van der Waals surface area contributed by atoms with Gasteiger partial charge in [-0.3, -0.25) is 0 Å². The Hall–Kier alpha value is -1.74. The van der Waals surface area contributed by atoms with Crippen molar-refractivity contribution >= 4 is 0 Å². The maximum atomic E-state index is 11.3. The Morgan fingerprint density at radius 1 is 1.12 bits per heavy atom. The fraction of sp³-hybridized carbons (Fsp3) is 0.524. The summed E-state index contributed by atoms with van der Waals surface area (Å²) < 4.78 is 11.0. The molecule has 3 atom stereocenters. The van der Waals surface area contributed by atoms with Crippen LogP contribution in [-0.2, 0) is 0 Å². The summed E-state index contributed by atoms with van der Waals surface area (Å²) in [6.45, 7) is 6.54. The van der Waals surface area contributed by atoms with Gasteiger partial charge in [0.25, 0.3) is 0 Å². The molecule has 2 bridgehead atoms. The Labute approximate surface area is 145 Å². The summed E-state index contributed by atoms with van der Waals surface area (Å²) in [6.07, 6.45) is 10.8. The van der Waals surface area contributed by atoms with Gasteiger partial charge in [0, 0.05) is 5.41 Å². The number of methoxy groups -OCH3 is 1. The quantitative estimate of drug-likeness (QED) is 0.628. The van der Waals surface area contributed by atoms with Gasteiger partial charge in [0.2, 0.25) is 0 Å². The van der Waals surface area contributed by atoms with Gasteiger partial charge >= 0.3 is 0 Å². The third-order valence-electron chi connectivity index (χ3n) is 6.45. The molecule has 3 nitrogen and oxygen atoms in total. The molecule has 0 unspecified atom stereocenters. The third-order valence-corrected chi connectivity index (χ3v) is 6.45. The first-order valence-electron chi connectivity index (χ1n) is 8.73. The van der Waals surface area contributed by atoms with E-state index < -0.39 is 5.60 Å². The third kappa shape index (κ3) is 2.37. The van der Waals surface area contributed by atoms with Crippen LogP contribution in [0, 0.1) is 16.7 Å². The second-order valence-corrected chi connectivity index (χ2v) is 7.65. The summed E-state index contributed by atoms with van der Waals surface area (Å²) in [6, 6.07) is 7.53. The van der Waals surface area contributed by atoms with Crippen molar-refractivity contribution in [1.82, 2.24) is 0 Å². The SMILES string of the molecule is C/C=C\[C@@]1(O)C[C@H]2CC[C@]1(/C=C/Oc1ccc(OC)cc1)C2(C)C. The molecule has 1 N–H and O–H groups in total. The zero-order chi connectivity index (χ0) is 17.4. The lowest BCUT2D eigenvalue weighted by Gasteiger charge is -2.44. The number of hydrogen-bond donors (Lipinski definition) is 1. The van der Waals surface area contributed by atoms with Crippen molar-refractivity contribution in [3.8, 4) is 11.5 Å². The Morgan fingerprint density at radius 3 is 2.38 bits per heavy atom. The van der Waals surface area contributed by atoms with Crippen LogP contribution in [0.3, 0.4) is 0 Å². The molecule has 0 aliphatic heterocycles. The normalized spacial score (nSPS) is 34.3. The van der Waals surface area contributed by atoms with Crippen molar-refractivity contribution in [2.45, 2.75) is 45.6 Å². The molecule has 1 aromatic carbocycles. The fourth-order valence-electron chi connectivity index (χ4n) is 4.96. The van der Waals surface area contributed by atoms with Crippen LogP contribution < -0.4 is 9.47 Å². The zero-order valence-corrected chi connectivity index (χ0v) is 15.1. The van der Waals surface area contributed by atoms with E-state index in [0.29, 0.717) is 5.92 Å². The number of aliphatic hydroxyl groups is 1. The first-order chi connectivity index (χ1) is 11.4. The number of rotatable bonds is 5. The van der Waals surface area contributed by atoms with Crippen LogP contribution in [-0.4, -0.2) is 17.8 Å². The minimum Gasteiger partial charge on any atom is -0.497 e. The van der Waals surface area contributed by atoms with E-state index in [1.54, 1.807) is 13.4 Å². The fourth-order valence-corrected chi connectivity index (χ4v) is 4.96. The molecule has 2 fully saturated rings. The van der Waals surface area contributed by atoms with Crippen LogP contribution in [0.15, 0.2) is 48.8 Å². The average molecular weight is 328 g/mol. The van der Waals surface area contributed by atoms with Crippen molar-refractivity contribution in [1.29, 1.82) is 0 Å². The van der Waals surface area contributed by atoms with Gasteiger partial charge in [0.05, 0.1) is 19.0 Å². The molecule has 0 radical (unpaired) electrons. The molecule has 2 saturated carbocycles. The Bertz CT molecular complexity index is 644. The summed E-state index contributed by atoms with van der Waals surface area (Å²) in [5.41, 5.74) is -1.00. The Morgan fingerprint density at radius 2 is 1.79 bits per heavy atom. The molecule has 2 aliphatic carbocycles. The van der Waals surface area contributed by atoms with E-state index >= 15 is 0 Å². The van der Waals surface area contributed by atoms with Crippen LogP contribution in [0.25, 0.3) is 0 Å². The van der Waals surface area contributed by atoms with Gasteiger partial charge in [-0.05, 0) is 67.9 Å². The maximum absolute atomic E-state index is 11.3. The molecule has 0 amide bonds. The van der Waals surface area contributed by atoms with Crippen molar-refractivity contribution in [2.24, 2.45) is 16.7 Å². The highest BCUT2D eigenvalue weighted by atomic mass is 16.5. The largest absolute Gasteiger partial charge is 0.497 e. The monoisotopic (exact) mass is 328 g/mol.